The van der Waals surface area contributed by atoms with E-state index in [1.807, 2.05) is 10.8 Å². The maximum Gasteiger partial charge on any atom is 0.293 e. The molecule has 3 heterocycles. The minimum atomic E-state index is 0.111. The van der Waals surface area contributed by atoms with Crippen LogP contribution in [-0.2, 0) is 0 Å². The first-order valence-electron chi connectivity index (χ1n) is 8.38. The SMILES string of the molecule is O=c1c(N2CCCC(C3CCCN3)C2)nccn1C1CC1. The van der Waals surface area contributed by atoms with Gasteiger partial charge in [-0.05, 0) is 51.0 Å². The third-order valence-electron chi connectivity index (χ3n) is 5.21. The number of hydrogen-bond acceptors (Lipinski definition) is 4. The van der Waals surface area contributed by atoms with Crippen LogP contribution in [0.3, 0.4) is 0 Å². The van der Waals surface area contributed by atoms with Crippen molar-refractivity contribution >= 4 is 5.82 Å². The number of aromatic nitrogens is 2. The van der Waals surface area contributed by atoms with E-state index in [9.17, 15) is 4.79 Å². The second-order valence-corrected chi connectivity index (χ2v) is 6.75. The minimum absolute atomic E-state index is 0.111. The van der Waals surface area contributed by atoms with Gasteiger partial charge in [0.15, 0.2) is 5.82 Å². The maximum atomic E-state index is 12.6. The Bertz CT molecular complexity index is 560. The fraction of sp³-hybridized carbons (Fsp3) is 0.750. The lowest BCUT2D eigenvalue weighted by molar-refractivity contribution is 0.327. The molecule has 4 rings (SSSR count). The van der Waals surface area contributed by atoms with Crippen LogP contribution in [0.5, 0.6) is 0 Å². The van der Waals surface area contributed by atoms with Gasteiger partial charge >= 0.3 is 0 Å². The van der Waals surface area contributed by atoms with E-state index >= 15 is 0 Å². The lowest BCUT2D eigenvalue weighted by Crippen LogP contribution is -2.45. The molecule has 2 unspecified atom stereocenters. The average Bonchev–Trinajstić information content (AvgIpc) is 3.21. The summed E-state index contributed by atoms with van der Waals surface area (Å²) in [4.78, 5) is 19.3. The molecule has 1 N–H and O–H groups in total. The van der Waals surface area contributed by atoms with E-state index in [0.717, 1.165) is 32.5 Å². The van der Waals surface area contributed by atoms with Crippen LogP contribution in [0.4, 0.5) is 5.82 Å². The van der Waals surface area contributed by atoms with Crippen molar-refractivity contribution < 1.29 is 0 Å². The van der Waals surface area contributed by atoms with Gasteiger partial charge in [0, 0.05) is 37.6 Å². The van der Waals surface area contributed by atoms with Crippen molar-refractivity contribution in [2.75, 3.05) is 24.5 Å². The van der Waals surface area contributed by atoms with Crippen molar-refractivity contribution in [3.05, 3.63) is 22.7 Å². The third-order valence-corrected chi connectivity index (χ3v) is 5.21. The van der Waals surface area contributed by atoms with Gasteiger partial charge in [-0.3, -0.25) is 4.79 Å². The van der Waals surface area contributed by atoms with E-state index in [1.54, 1.807) is 6.20 Å². The average molecular weight is 288 g/mol. The van der Waals surface area contributed by atoms with Crippen LogP contribution >= 0.6 is 0 Å². The number of rotatable bonds is 3. The van der Waals surface area contributed by atoms with E-state index < -0.39 is 0 Å². The number of hydrogen-bond donors (Lipinski definition) is 1. The fourth-order valence-electron chi connectivity index (χ4n) is 3.92. The van der Waals surface area contributed by atoms with Gasteiger partial charge in [-0.1, -0.05) is 0 Å². The minimum Gasteiger partial charge on any atom is -0.352 e. The zero-order valence-electron chi connectivity index (χ0n) is 12.5. The summed E-state index contributed by atoms with van der Waals surface area (Å²) < 4.78 is 1.89. The van der Waals surface area contributed by atoms with Crippen molar-refractivity contribution in [2.45, 2.75) is 50.6 Å². The van der Waals surface area contributed by atoms with Gasteiger partial charge in [-0.25, -0.2) is 4.98 Å². The maximum absolute atomic E-state index is 12.6. The summed E-state index contributed by atoms with van der Waals surface area (Å²) in [6.45, 7) is 3.11. The molecule has 3 aliphatic rings. The molecule has 0 radical (unpaired) electrons. The summed E-state index contributed by atoms with van der Waals surface area (Å²) in [6, 6.07) is 1.07. The fourth-order valence-corrected chi connectivity index (χ4v) is 3.92. The normalized spacial score (nSPS) is 29.8. The highest BCUT2D eigenvalue weighted by Gasteiger charge is 2.31. The highest BCUT2D eigenvalue weighted by molar-refractivity contribution is 5.36. The first kappa shape index (κ1) is 13.3. The second-order valence-electron chi connectivity index (χ2n) is 6.75. The Morgan fingerprint density at radius 3 is 2.86 bits per heavy atom. The van der Waals surface area contributed by atoms with Gasteiger partial charge in [-0.2, -0.15) is 0 Å². The molecule has 114 valence electrons. The Kier molecular flexibility index (Phi) is 3.45. The molecule has 2 aliphatic heterocycles. The molecule has 1 saturated carbocycles. The van der Waals surface area contributed by atoms with E-state index in [1.165, 1.54) is 25.7 Å². The van der Waals surface area contributed by atoms with Gasteiger partial charge in [0.25, 0.3) is 5.56 Å². The third kappa shape index (κ3) is 2.59. The molecule has 5 nitrogen and oxygen atoms in total. The predicted molar refractivity (Wildman–Crippen MR) is 82.7 cm³/mol. The Hall–Kier alpha value is -1.36. The summed E-state index contributed by atoms with van der Waals surface area (Å²) in [7, 11) is 0. The van der Waals surface area contributed by atoms with Crippen LogP contribution in [0.15, 0.2) is 17.2 Å². The second kappa shape index (κ2) is 5.44. The molecular formula is C16H24N4O. The first-order valence-corrected chi connectivity index (χ1v) is 8.38. The van der Waals surface area contributed by atoms with Crippen molar-refractivity contribution in [3.63, 3.8) is 0 Å². The molecule has 2 saturated heterocycles. The van der Waals surface area contributed by atoms with Crippen LogP contribution in [0.2, 0.25) is 0 Å². The number of nitrogens with one attached hydrogen (secondary N) is 1. The molecule has 0 aromatic carbocycles. The molecule has 5 heteroatoms. The van der Waals surface area contributed by atoms with Crippen molar-refractivity contribution in [2.24, 2.45) is 5.92 Å². The smallest absolute Gasteiger partial charge is 0.293 e. The topological polar surface area (TPSA) is 50.2 Å². The van der Waals surface area contributed by atoms with Crippen LogP contribution in [0.1, 0.15) is 44.6 Å². The van der Waals surface area contributed by atoms with Crippen LogP contribution < -0.4 is 15.8 Å². The Morgan fingerprint density at radius 1 is 1.19 bits per heavy atom. The van der Waals surface area contributed by atoms with Gasteiger partial charge in [-0.15, -0.1) is 0 Å². The largest absolute Gasteiger partial charge is 0.352 e. The molecule has 0 amide bonds. The van der Waals surface area contributed by atoms with E-state index in [0.29, 0.717) is 23.8 Å². The summed E-state index contributed by atoms with van der Waals surface area (Å²) in [5, 5.41) is 3.62. The molecular weight excluding hydrogens is 264 g/mol. The predicted octanol–water partition coefficient (Wildman–Crippen LogP) is 1.55. The molecule has 3 fully saturated rings. The van der Waals surface area contributed by atoms with Crippen LogP contribution in [0.25, 0.3) is 0 Å². The lowest BCUT2D eigenvalue weighted by Gasteiger charge is -2.36. The van der Waals surface area contributed by atoms with Crippen molar-refractivity contribution in [1.29, 1.82) is 0 Å². The quantitative estimate of drug-likeness (QED) is 0.917. The summed E-state index contributed by atoms with van der Waals surface area (Å²) in [5.41, 5.74) is 0.111. The van der Waals surface area contributed by atoms with Gasteiger partial charge < -0.3 is 14.8 Å². The zero-order chi connectivity index (χ0) is 14.2. The van der Waals surface area contributed by atoms with Gasteiger partial charge in [0.1, 0.15) is 0 Å². The summed E-state index contributed by atoms with van der Waals surface area (Å²) >= 11 is 0. The van der Waals surface area contributed by atoms with Crippen LogP contribution in [-0.4, -0.2) is 35.2 Å². The summed E-state index contributed by atoms with van der Waals surface area (Å²) in [5.74, 6) is 1.34. The standard InChI is InChI=1S/C16H24N4O/c21-16-15(18-8-10-20(16)13-5-6-13)19-9-2-3-12(11-19)14-4-1-7-17-14/h8,10,12-14,17H,1-7,9,11H2. The number of anilines is 1. The molecule has 21 heavy (non-hydrogen) atoms. The molecule has 1 aliphatic carbocycles. The Balaban J connectivity index is 1.55. The Labute approximate surface area is 125 Å². The summed E-state index contributed by atoms with van der Waals surface area (Å²) in [6.07, 6.45) is 10.9. The molecule has 1 aromatic rings. The monoisotopic (exact) mass is 288 g/mol. The number of piperidine rings is 1. The molecule has 2 atom stereocenters. The number of nitrogens with zero attached hydrogens (tertiary/aromatic N) is 3. The van der Waals surface area contributed by atoms with Gasteiger partial charge in [0.2, 0.25) is 0 Å². The lowest BCUT2D eigenvalue weighted by atomic mass is 9.90. The Morgan fingerprint density at radius 2 is 2.10 bits per heavy atom. The molecule has 1 aromatic heterocycles. The zero-order valence-corrected chi connectivity index (χ0v) is 12.5. The van der Waals surface area contributed by atoms with E-state index in [4.69, 9.17) is 0 Å². The first-order chi connectivity index (χ1) is 10.3. The highest BCUT2D eigenvalue weighted by Crippen LogP contribution is 2.33. The van der Waals surface area contributed by atoms with E-state index in [-0.39, 0.29) is 5.56 Å². The highest BCUT2D eigenvalue weighted by atomic mass is 16.1. The van der Waals surface area contributed by atoms with Gasteiger partial charge in [0.05, 0.1) is 0 Å². The van der Waals surface area contributed by atoms with Crippen molar-refractivity contribution in [1.82, 2.24) is 14.9 Å². The van der Waals surface area contributed by atoms with E-state index in [2.05, 4.69) is 15.2 Å². The molecule has 0 spiro atoms. The van der Waals surface area contributed by atoms with Crippen molar-refractivity contribution in [3.8, 4) is 0 Å². The molecule has 0 bridgehead atoms. The van der Waals surface area contributed by atoms with Crippen LogP contribution in [0, 0.1) is 5.92 Å².